The number of carbonyl (C=O) groups excluding carboxylic acids is 1. The SMILES string of the molecule is Cc1nccn1Cc1cccc(CNC(=O)Nc2ccccc2Cl)c1. The second kappa shape index (κ2) is 7.85. The van der Waals surface area contributed by atoms with Crippen LogP contribution in [0.4, 0.5) is 10.5 Å². The zero-order valence-electron chi connectivity index (χ0n) is 13.9. The molecule has 0 aliphatic heterocycles. The number of nitrogens with one attached hydrogen (secondary N) is 2. The van der Waals surface area contributed by atoms with Crippen LogP contribution < -0.4 is 10.6 Å². The molecule has 5 nitrogen and oxygen atoms in total. The summed E-state index contributed by atoms with van der Waals surface area (Å²) in [5, 5.41) is 6.10. The average Bonchev–Trinajstić information content (AvgIpc) is 3.00. The Morgan fingerprint density at radius 2 is 1.96 bits per heavy atom. The molecule has 0 saturated heterocycles. The van der Waals surface area contributed by atoms with Gasteiger partial charge in [-0.1, -0.05) is 48.0 Å². The lowest BCUT2D eigenvalue weighted by molar-refractivity contribution is 0.251. The van der Waals surface area contributed by atoms with Crippen LogP contribution in [0.15, 0.2) is 60.9 Å². The van der Waals surface area contributed by atoms with Crippen molar-refractivity contribution in [1.29, 1.82) is 0 Å². The van der Waals surface area contributed by atoms with Gasteiger partial charge >= 0.3 is 6.03 Å². The maximum atomic E-state index is 12.0. The maximum Gasteiger partial charge on any atom is 0.319 e. The van der Waals surface area contributed by atoms with E-state index in [1.807, 2.05) is 37.4 Å². The molecule has 0 aliphatic carbocycles. The van der Waals surface area contributed by atoms with E-state index >= 15 is 0 Å². The quantitative estimate of drug-likeness (QED) is 0.720. The number of urea groups is 1. The summed E-state index contributed by atoms with van der Waals surface area (Å²) in [6, 6.07) is 15.0. The highest BCUT2D eigenvalue weighted by Crippen LogP contribution is 2.20. The van der Waals surface area contributed by atoms with Gasteiger partial charge in [-0.05, 0) is 30.2 Å². The number of aryl methyl sites for hydroxylation is 1. The predicted octanol–water partition coefficient (Wildman–Crippen LogP) is 4.21. The van der Waals surface area contributed by atoms with Crippen molar-refractivity contribution in [3.63, 3.8) is 0 Å². The highest BCUT2D eigenvalue weighted by molar-refractivity contribution is 6.33. The summed E-state index contributed by atoms with van der Waals surface area (Å²) in [6.07, 6.45) is 3.75. The van der Waals surface area contributed by atoms with Crippen LogP contribution in [-0.2, 0) is 13.1 Å². The van der Waals surface area contributed by atoms with Crippen molar-refractivity contribution in [2.24, 2.45) is 0 Å². The molecule has 0 aliphatic rings. The molecule has 0 atom stereocenters. The Bertz CT molecular complexity index is 875. The molecule has 0 unspecified atom stereocenters. The minimum Gasteiger partial charge on any atom is -0.334 e. The van der Waals surface area contributed by atoms with Crippen LogP contribution in [0.1, 0.15) is 17.0 Å². The van der Waals surface area contributed by atoms with Crippen LogP contribution in [0.25, 0.3) is 0 Å². The molecule has 25 heavy (non-hydrogen) atoms. The molecule has 2 amide bonds. The van der Waals surface area contributed by atoms with Crippen molar-refractivity contribution in [1.82, 2.24) is 14.9 Å². The number of hydrogen-bond acceptors (Lipinski definition) is 2. The van der Waals surface area contributed by atoms with Gasteiger partial charge in [0, 0.05) is 25.5 Å². The van der Waals surface area contributed by atoms with Crippen molar-refractivity contribution in [2.75, 3.05) is 5.32 Å². The fraction of sp³-hybridized carbons (Fsp3) is 0.158. The zero-order chi connectivity index (χ0) is 17.6. The van der Waals surface area contributed by atoms with Gasteiger partial charge in [0.05, 0.1) is 10.7 Å². The third kappa shape index (κ3) is 4.61. The first-order chi connectivity index (χ1) is 12.1. The van der Waals surface area contributed by atoms with E-state index in [2.05, 4.69) is 32.3 Å². The Hall–Kier alpha value is -2.79. The lowest BCUT2D eigenvalue weighted by Gasteiger charge is -2.10. The van der Waals surface area contributed by atoms with Gasteiger partial charge in [-0.2, -0.15) is 0 Å². The molecule has 0 saturated carbocycles. The van der Waals surface area contributed by atoms with E-state index in [0.29, 0.717) is 17.3 Å². The van der Waals surface area contributed by atoms with Gasteiger partial charge in [0.1, 0.15) is 5.82 Å². The first-order valence-corrected chi connectivity index (χ1v) is 8.34. The number of anilines is 1. The molecule has 3 rings (SSSR count). The molecule has 0 bridgehead atoms. The van der Waals surface area contributed by atoms with E-state index in [-0.39, 0.29) is 6.03 Å². The Kier molecular flexibility index (Phi) is 5.36. The largest absolute Gasteiger partial charge is 0.334 e. The van der Waals surface area contributed by atoms with Crippen LogP contribution in [0.5, 0.6) is 0 Å². The van der Waals surface area contributed by atoms with E-state index in [9.17, 15) is 4.79 Å². The first-order valence-electron chi connectivity index (χ1n) is 7.97. The van der Waals surface area contributed by atoms with Crippen molar-refractivity contribution in [3.05, 3.63) is 82.9 Å². The van der Waals surface area contributed by atoms with Crippen LogP contribution in [0, 0.1) is 6.92 Å². The summed E-state index contributed by atoms with van der Waals surface area (Å²) in [5.41, 5.74) is 2.78. The van der Waals surface area contributed by atoms with Gasteiger partial charge in [-0.15, -0.1) is 0 Å². The van der Waals surface area contributed by atoms with Crippen molar-refractivity contribution >= 4 is 23.3 Å². The number of nitrogens with zero attached hydrogens (tertiary/aromatic N) is 2. The summed E-state index contributed by atoms with van der Waals surface area (Å²) in [6.45, 7) is 3.17. The van der Waals surface area contributed by atoms with Gasteiger partial charge < -0.3 is 15.2 Å². The molecular weight excluding hydrogens is 336 g/mol. The molecule has 3 aromatic rings. The van der Waals surface area contributed by atoms with Crippen LogP contribution in [0.2, 0.25) is 5.02 Å². The molecule has 0 fully saturated rings. The number of rotatable bonds is 5. The van der Waals surface area contributed by atoms with E-state index < -0.39 is 0 Å². The summed E-state index contributed by atoms with van der Waals surface area (Å²) in [4.78, 5) is 16.3. The second-order valence-corrected chi connectivity index (χ2v) is 6.12. The minimum atomic E-state index is -0.288. The number of benzene rings is 2. The Labute approximate surface area is 151 Å². The standard InChI is InChI=1S/C19H19ClN4O/c1-14-21-9-10-24(14)13-16-6-4-5-15(11-16)12-22-19(25)23-18-8-3-2-7-17(18)20/h2-11H,12-13H2,1H3,(H2,22,23,25). The summed E-state index contributed by atoms with van der Waals surface area (Å²) in [7, 11) is 0. The molecule has 0 spiro atoms. The lowest BCUT2D eigenvalue weighted by atomic mass is 10.1. The molecule has 1 heterocycles. The maximum absolute atomic E-state index is 12.0. The zero-order valence-corrected chi connectivity index (χ0v) is 14.6. The lowest BCUT2D eigenvalue weighted by Crippen LogP contribution is -2.28. The molecule has 1 aromatic heterocycles. The number of hydrogen-bond donors (Lipinski definition) is 2. The van der Waals surface area contributed by atoms with Gasteiger partial charge in [0.15, 0.2) is 0 Å². The third-order valence-electron chi connectivity index (χ3n) is 3.84. The van der Waals surface area contributed by atoms with E-state index in [1.54, 1.807) is 18.3 Å². The summed E-state index contributed by atoms with van der Waals surface area (Å²) >= 11 is 6.04. The smallest absolute Gasteiger partial charge is 0.319 e. The van der Waals surface area contributed by atoms with E-state index in [0.717, 1.165) is 23.5 Å². The topological polar surface area (TPSA) is 59.0 Å². The van der Waals surface area contributed by atoms with Crippen molar-refractivity contribution < 1.29 is 4.79 Å². The number of para-hydroxylation sites is 1. The number of imidazole rings is 1. The van der Waals surface area contributed by atoms with Crippen molar-refractivity contribution in [2.45, 2.75) is 20.0 Å². The van der Waals surface area contributed by atoms with Gasteiger partial charge in [-0.3, -0.25) is 0 Å². The molecule has 2 N–H and O–H groups in total. The molecule has 128 valence electrons. The Morgan fingerprint density at radius 3 is 2.72 bits per heavy atom. The number of amides is 2. The second-order valence-electron chi connectivity index (χ2n) is 5.71. The minimum absolute atomic E-state index is 0.288. The highest BCUT2D eigenvalue weighted by Gasteiger charge is 2.05. The van der Waals surface area contributed by atoms with E-state index in [1.165, 1.54) is 0 Å². The first kappa shape index (κ1) is 17.0. The van der Waals surface area contributed by atoms with Gasteiger partial charge in [0.2, 0.25) is 0 Å². The fourth-order valence-corrected chi connectivity index (χ4v) is 2.70. The van der Waals surface area contributed by atoms with Gasteiger partial charge in [-0.25, -0.2) is 9.78 Å². The van der Waals surface area contributed by atoms with Crippen LogP contribution in [-0.4, -0.2) is 15.6 Å². The average molecular weight is 355 g/mol. The normalized spacial score (nSPS) is 10.5. The molecule has 2 aromatic carbocycles. The summed E-state index contributed by atoms with van der Waals surface area (Å²) in [5.74, 6) is 0.975. The van der Waals surface area contributed by atoms with Crippen LogP contribution >= 0.6 is 11.6 Å². The number of aromatic nitrogens is 2. The fourth-order valence-electron chi connectivity index (χ4n) is 2.52. The number of carbonyl (C=O) groups is 1. The van der Waals surface area contributed by atoms with Crippen molar-refractivity contribution in [3.8, 4) is 0 Å². The summed E-state index contributed by atoms with van der Waals surface area (Å²) < 4.78 is 2.08. The molecule has 6 heteroatoms. The monoisotopic (exact) mass is 354 g/mol. The van der Waals surface area contributed by atoms with Gasteiger partial charge in [0.25, 0.3) is 0 Å². The highest BCUT2D eigenvalue weighted by atomic mass is 35.5. The Balaban J connectivity index is 1.58. The number of halogens is 1. The van der Waals surface area contributed by atoms with E-state index in [4.69, 9.17) is 11.6 Å². The third-order valence-corrected chi connectivity index (χ3v) is 4.17. The molecule has 0 radical (unpaired) electrons. The van der Waals surface area contributed by atoms with Crippen LogP contribution in [0.3, 0.4) is 0 Å². The predicted molar refractivity (Wildman–Crippen MR) is 99.8 cm³/mol. The Morgan fingerprint density at radius 1 is 1.16 bits per heavy atom. The molecular formula is C19H19ClN4O.